The second-order valence-electron chi connectivity index (χ2n) is 7.50. The third kappa shape index (κ3) is 4.28. The summed E-state index contributed by atoms with van der Waals surface area (Å²) >= 11 is 0. The molecule has 6 nitrogen and oxygen atoms in total. The van der Waals surface area contributed by atoms with Crippen LogP contribution in [0.4, 0.5) is 0 Å². The molecule has 3 fully saturated rings. The zero-order valence-electron chi connectivity index (χ0n) is 14.6. The Morgan fingerprint density at radius 1 is 0.958 bits per heavy atom. The molecular formula is C18H31N3O3. The van der Waals surface area contributed by atoms with E-state index in [1.165, 1.54) is 32.1 Å². The van der Waals surface area contributed by atoms with Crippen LogP contribution in [-0.4, -0.2) is 66.5 Å². The van der Waals surface area contributed by atoms with E-state index in [0.29, 0.717) is 38.7 Å². The number of carbonyl (C=O) groups is 2. The topological polar surface area (TPSA) is 75.9 Å². The quantitative estimate of drug-likeness (QED) is 0.834. The average Bonchev–Trinajstić information content (AvgIpc) is 3.16. The molecule has 0 aromatic rings. The van der Waals surface area contributed by atoms with E-state index < -0.39 is 0 Å². The highest BCUT2D eigenvalue weighted by Crippen LogP contribution is 2.27. The van der Waals surface area contributed by atoms with Crippen LogP contribution in [0.25, 0.3) is 0 Å². The Bertz CT molecular complexity index is 437. The fourth-order valence-corrected chi connectivity index (χ4v) is 4.24. The molecule has 2 aliphatic heterocycles. The van der Waals surface area contributed by atoms with Crippen LogP contribution in [0.15, 0.2) is 0 Å². The summed E-state index contributed by atoms with van der Waals surface area (Å²) in [6.07, 6.45) is 8.63. The molecule has 1 saturated carbocycles. The van der Waals surface area contributed by atoms with Crippen LogP contribution in [0.1, 0.15) is 51.4 Å². The first-order valence-electron chi connectivity index (χ1n) is 9.60. The van der Waals surface area contributed by atoms with Crippen LogP contribution >= 0.6 is 0 Å². The predicted molar refractivity (Wildman–Crippen MR) is 91.3 cm³/mol. The summed E-state index contributed by atoms with van der Waals surface area (Å²) in [7, 11) is 0. The van der Waals surface area contributed by atoms with Gasteiger partial charge in [0.1, 0.15) is 6.10 Å². The Balaban J connectivity index is 1.43. The van der Waals surface area contributed by atoms with E-state index >= 15 is 0 Å². The Labute approximate surface area is 144 Å². The van der Waals surface area contributed by atoms with Crippen molar-refractivity contribution < 1.29 is 14.3 Å². The molecule has 6 heteroatoms. The van der Waals surface area contributed by atoms with E-state index in [1.54, 1.807) is 0 Å². The molecule has 2 atom stereocenters. The van der Waals surface area contributed by atoms with Gasteiger partial charge in [0.25, 0.3) is 5.91 Å². The molecule has 2 heterocycles. The lowest BCUT2D eigenvalue weighted by Gasteiger charge is -2.37. The normalized spacial score (nSPS) is 27.3. The summed E-state index contributed by atoms with van der Waals surface area (Å²) in [5.41, 5.74) is 6.18. The third-order valence-electron chi connectivity index (χ3n) is 5.74. The molecular weight excluding hydrogens is 306 g/mol. The number of amides is 2. The molecule has 2 unspecified atom stereocenters. The maximum atomic E-state index is 12.6. The zero-order valence-corrected chi connectivity index (χ0v) is 14.6. The summed E-state index contributed by atoms with van der Waals surface area (Å²) in [4.78, 5) is 28.6. The van der Waals surface area contributed by atoms with E-state index in [-0.39, 0.29) is 24.0 Å². The second-order valence-corrected chi connectivity index (χ2v) is 7.50. The highest BCUT2D eigenvalue weighted by Gasteiger charge is 2.32. The smallest absolute Gasteiger partial charge is 0.251 e. The van der Waals surface area contributed by atoms with Crippen LogP contribution in [-0.2, 0) is 14.3 Å². The van der Waals surface area contributed by atoms with Gasteiger partial charge in [0.05, 0.1) is 6.04 Å². The van der Waals surface area contributed by atoms with Crippen molar-refractivity contribution >= 4 is 11.8 Å². The van der Waals surface area contributed by atoms with Gasteiger partial charge in [-0.15, -0.1) is 0 Å². The molecule has 3 aliphatic rings. The van der Waals surface area contributed by atoms with Gasteiger partial charge >= 0.3 is 0 Å². The van der Waals surface area contributed by atoms with Gasteiger partial charge in [-0.3, -0.25) is 9.59 Å². The van der Waals surface area contributed by atoms with Crippen LogP contribution in [0.3, 0.4) is 0 Å². The molecule has 0 bridgehead atoms. The molecule has 0 aromatic heterocycles. The van der Waals surface area contributed by atoms with E-state index in [1.807, 2.05) is 9.80 Å². The Morgan fingerprint density at radius 2 is 1.62 bits per heavy atom. The van der Waals surface area contributed by atoms with Crippen molar-refractivity contribution in [1.29, 1.82) is 0 Å². The summed E-state index contributed by atoms with van der Waals surface area (Å²) in [5.74, 6) is 0.760. The first-order chi connectivity index (χ1) is 11.6. The summed E-state index contributed by atoms with van der Waals surface area (Å²) in [5, 5.41) is 0. The summed E-state index contributed by atoms with van der Waals surface area (Å²) in [6, 6.07) is -0.381. The molecule has 0 aromatic carbocycles. The van der Waals surface area contributed by atoms with Crippen LogP contribution in [0.2, 0.25) is 0 Å². The number of nitrogens with two attached hydrogens (primary N) is 1. The molecule has 2 amide bonds. The SMILES string of the molecule is NC(CC1CCCCC1)C(=O)N1CCN(C(=O)C2CCCO2)CC1. The largest absolute Gasteiger partial charge is 0.368 e. The second kappa shape index (κ2) is 8.30. The Morgan fingerprint density at radius 3 is 2.25 bits per heavy atom. The zero-order chi connectivity index (χ0) is 16.9. The van der Waals surface area contributed by atoms with Crippen molar-refractivity contribution in [3.63, 3.8) is 0 Å². The highest BCUT2D eigenvalue weighted by molar-refractivity contribution is 5.83. The summed E-state index contributed by atoms with van der Waals surface area (Å²) in [6.45, 7) is 3.07. The number of hydrogen-bond acceptors (Lipinski definition) is 4. The predicted octanol–water partition coefficient (Wildman–Crippen LogP) is 1.13. The number of ether oxygens (including phenoxy) is 1. The Kier molecular flexibility index (Phi) is 6.11. The fourth-order valence-electron chi connectivity index (χ4n) is 4.24. The first-order valence-corrected chi connectivity index (χ1v) is 9.60. The molecule has 2 N–H and O–H groups in total. The van der Waals surface area contributed by atoms with Crippen molar-refractivity contribution in [3.05, 3.63) is 0 Å². The molecule has 24 heavy (non-hydrogen) atoms. The van der Waals surface area contributed by atoms with E-state index in [0.717, 1.165) is 19.3 Å². The Hall–Kier alpha value is -1.14. The highest BCUT2D eigenvalue weighted by atomic mass is 16.5. The number of nitrogens with zero attached hydrogens (tertiary/aromatic N) is 2. The maximum absolute atomic E-state index is 12.6. The average molecular weight is 337 g/mol. The summed E-state index contributed by atoms with van der Waals surface area (Å²) < 4.78 is 5.47. The van der Waals surface area contributed by atoms with Gasteiger partial charge in [-0.05, 0) is 25.2 Å². The number of hydrogen-bond donors (Lipinski definition) is 1. The maximum Gasteiger partial charge on any atom is 0.251 e. The monoisotopic (exact) mass is 337 g/mol. The molecule has 0 spiro atoms. The van der Waals surface area contributed by atoms with Crippen molar-refractivity contribution in [2.24, 2.45) is 11.7 Å². The van der Waals surface area contributed by atoms with Gasteiger partial charge in [-0.25, -0.2) is 0 Å². The molecule has 0 radical (unpaired) electrons. The molecule has 1 aliphatic carbocycles. The van der Waals surface area contributed by atoms with Crippen LogP contribution < -0.4 is 5.73 Å². The van der Waals surface area contributed by atoms with Gasteiger partial charge in [0.2, 0.25) is 5.91 Å². The van der Waals surface area contributed by atoms with Crippen molar-refractivity contribution in [2.45, 2.75) is 63.5 Å². The van der Waals surface area contributed by atoms with E-state index in [2.05, 4.69) is 0 Å². The van der Waals surface area contributed by atoms with Gasteiger partial charge in [-0.2, -0.15) is 0 Å². The number of carbonyl (C=O) groups excluding carboxylic acids is 2. The van der Waals surface area contributed by atoms with Crippen molar-refractivity contribution in [2.75, 3.05) is 32.8 Å². The number of piperazine rings is 1. The van der Waals surface area contributed by atoms with Crippen LogP contribution in [0, 0.1) is 5.92 Å². The van der Waals surface area contributed by atoms with Crippen LogP contribution in [0.5, 0.6) is 0 Å². The lowest BCUT2D eigenvalue weighted by Crippen LogP contribution is -2.56. The standard InChI is InChI=1S/C18H31N3O3/c19-15(13-14-5-2-1-3-6-14)17(22)20-8-10-21(11-9-20)18(23)16-7-4-12-24-16/h14-16H,1-13,19H2. The van der Waals surface area contributed by atoms with Gasteiger partial charge < -0.3 is 20.3 Å². The van der Waals surface area contributed by atoms with Crippen molar-refractivity contribution in [3.8, 4) is 0 Å². The first kappa shape index (κ1) is 17.7. The third-order valence-corrected chi connectivity index (χ3v) is 5.74. The van der Waals surface area contributed by atoms with E-state index in [9.17, 15) is 9.59 Å². The number of rotatable bonds is 4. The molecule has 2 saturated heterocycles. The minimum absolute atomic E-state index is 0.0600. The fraction of sp³-hybridized carbons (Fsp3) is 0.889. The van der Waals surface area contributed by atoms with Gasteiger partial charge in [0, 0.05) is 32.8 Å². The minimum Gasteiger partial charge on any atom is -0.368 e. The molecule has 136 valence electrons. The van der Waals surface area contributed by atoms with Gasteiger partial charge in [-0.1, -0.05) is 32.1 Å². The molecule has 3 rings (SSSR count). The minimum atomic E-state index is -0.381. The van der Waals surface area contributed by atoms with Crippen molar-refractivity contribution in [1.82, 2.24) is 9.80 Å². The van der Waals surface area contributed by atoms with E-state index in [4.69, 9.17) is 10.5 Å². The lowest BCUT2D eigenvalue weighted by atomic mass is 9.84. The lowest BCUT2D eigenvalue weighted by molar-refractivity contribution is -0.146. The van der Waals surface area contributed by atoms with Gasteiger partial charge in [0.15, 0.2) is 0 Å².